The number of hydrogen-bond donors (Lipinski definition) is 3. The number of allylic oxidation sites excluding steroid dienone is 3. The second kappa shape index (κ2) is 58.2. The molecule has 2 unspecified atom stereocenters. The van der Waals surface area contributed by atoms with E-state index >= 15 is 0 Å². The van der Waals surface area contributed by atoms with Crippen LogP contribution in [0.1, 0.15) is 348 Å². The minimum Gasteiger partial charge on any atom is -0.394 e. The molecule has 66 heavy (non-hydrogen) atoms. The lowest BCUT2D eigenvalue weighted by Gasteiger charge is -2.19. The number of aliphatic hydroxyl groups is 2. The van der Waals surface area contributed by atoms with Crippen molar-refractivity contribution in [2.45, 2.75) is 360 Å². The molecule has 0 radical (unpaired) electrons. The maximum Gasteiger partial charge on any atom is 0.220 e. The van der Waals surface area contributed by atoms with Gasteiger partial charge >= 0.3 is 0 Å². The van der Waals surface area contributed by atoms with Crippen LogP contribution in [-0.4, -0.2) is 34.9 Å². The van der Waals surface area contributed by atoms with Crippen LogP contribution in [0, 0.1) is 0 Å². The summed E-state index contributed by atoms with van der Waals surface area (Å²) >= 11 is 0. The fourth-order valence-electron chi connectivity index (χ4n) is 9.79. The maximum absolute atomic E-state index is 12.5. The quantitative estimate of drug-likeness (QED) is 0.0420. The summed E-state index contributed by atoms with van der Waals surface area (Å²) in [7, 11) is 0. The number of carbonyl (C=O) groups excluding carboxylic acids is 1. The van der Waals surface area contributed by atoms with E-state index in [1.165, 1.54) is 295 Å². The van der Waals surface area contributed by atoms with Crippen LogP contribution < -0.4 is 5.32 Å². The predicted molar refractivity (Wildman–Crippen MR) is 295 cm³/mol. The molecule has 0 bridgehead atoms. The minimum atomic E-state index is -0.860. The number of nitrogens with one attached hydrogen (secondary N) is 1. The van der Waals surface area contributed by atoms with Gasteiger partial charge < -0.3 is 15.5 Å². The zero-order chi connectivity index (χ0) is 47.7. The molecule has 4 nitrogen and oxygen atoms in total. The van der Waals surface area contributed by atoms with Crippen LogP contribution in [0.3, 0.4) is 0 Å². The topological polar surface area (TPSA) is 69.6 Å². The summed E-state index contributed by atoms with van der Waals surface area (Å²) in [6.45, 7) is 4.34. The lowest BCUT2D eigenvalue weighted by atomic mass is 10.0. The van der Waals surface area contributed by atoms with Crippen LogP contribution in [0.25, 0.3) is 0 Å². The summed E-state index contributed by atoms with van der Waals surface area (Å²) in [5.41, 5.74) is 0. The largest absolute Gasteiger partial charge is 0.394 e. The molecule has 0 aliphatic heterocycles. The molecule has 4 heteroatoms. The summed E-state index contributed by atoms with van der Waals surface area (Å²) < 4.78 is 0. The minimum absolute atomic E-state index is 0.0657. The molecule has 0 heterocycles. The molecule has 0 spiro atoms. The van der Waals surface area contributed by atoms with E-state index in [4.69, 9.17) is 0 Å². The highest BCUT2D eigenvalue weighted by Crippen LogP contribution is 2.18. The van der Waals surface area contributed by atoms with Crippen LogP contribution in [0.4, 0.5) is 0 Å². The summed E-state index contributed by atoms with van der Waals surface area (Å²) in [4.78, 5) is 12.5. The first-order valence-corrected chi connectivity index (χ1v) is 30.6. The molecular formula is C62H121NO3. The Morgan fingerprint density at radius 1 is 0.348 bits per heavy atom. The first-order valence-electron chi connectivity index (χ1n) is 30.6. The van der Waals surface area contributed by atoms with Gasteiger partial charge in [-0.05, 0) is 32.1 Å². The highest BCUT2D eigenvalue weighted by molar-refractivity contribution is 5.76. The van der Waals surface area contributed by atoms with Crippen molar-refractivity contribution in [1.29, 1.82) is 0 Å². The Morgan fingerprint density at radius 2 is 0.591 bits per heavy atom. The number of unbranched alkanes of at least 4 members (excludes halogenated alkanes) is 48. The number of aliphatic hydroxyl groups excluding tert-OH is 2. The van der Waals surface area contributed by atoms with Crippen molar-refractivity contribution in [3.63, 3.8) is 0 Å². The molecule has 0 saturated heterocycles. The molecule has 2 atom stereocenters. The molecule has 0 saturated carbocycles. The third kappa shape index (κ3) is 53.8. The van der Waals surface area contributed by atoms with Gasteiger partial charge in [-0.1, -0.05) is 334 Å². The molecule has 3 N–H and O–H groups in total. The molecule has 0 fully saturated rings. The molecule has 0 rings (SSSR count). The molecule has 1 amide bonds. The summed E-state index contributed by atoms with van der Waals surface area (Å²) in [6, 6.07) is -0.637. The number of carbonyl (C=O) groups is 1. The van der Waals surface area contributed by atoms with Gasteiger partial charge in [-0.25, -0.2) is 0 Å². The smallest absolute Gasteiger partial charge is 0.220 e. The summed E-state index contributed by atoms with van der Waals surface area (Å²) in [5, 5.41) is 23.2. The van der Waals surface area contributed by atoms with E-state index in [2.05, 4.69) is 31.3 Å². The maximum atomic E-state index is 12.5. The van der Waals surface area contributed by atoms with Gasteiger partial charge in [0.05, 0.1) is 18.8 Å². The van der Waals surface area contributed by atoms with E-state index in [1.807, 2.05) is 6.08 Å². The lowest BCUT2D eigenvalue weighted by molar-refractivity contribution is -0.123. The van der Waals surface area contributed by atoms with Gasteiger partial charge in [0.1, 0.15) is 0 Å². The SMILES string of the molecule is CCCCCCCCCCCCCCCCCC/C=C/CC/C=C/C(O)C(CO)NC(=O)CCCCCCCCCCCCCCCCCCCCCCCCCCCCCCCCCC. The van der Waals surface area contributed by atoms with Crippen LogP contribution in [0.5, 0.6) is 0 Å². The van der Waals surface area contributed by atoms with Gasteiger partial charge in [0.15, 0.2) is 0 Å². The Kier molecular flexibility index (Phi) is 57.2. The molecule has 0 aliphatic carbocycles. The number of amides is 1. The van der Waals surface area contributed by atoms with Crippen molar-refractivity contribution >= 4 is 5.91 Å². The van der Waals surface area contributed by atoms with Crippen LogP contribution in [0.15, 0.2) is 24.3 Å². The molecule has 0 aromatic rings. The zero-order valence-corrected chi connectivity index (χ0v) is 45.2. The molecule has 0 aliphatic rings. The van der Waals surface area contributed by atoms with Gasteiger partial charge in [0, 0.05) is 6.42 Å². The Morgan fingerprint density at radius 3 is 0.879 bits per heavy atom. The lowest BCUT2D eigenvalue weighted by Crippen LogP contribution is -2.45. The highest BCUT2D eigenvalue weighted by Gasteiger charge is 2.18. The van der Waals surface area contributed by atoms with Gasteiger partial charge in [0.25, 0.3) is 0 Å². The van der Waals surface area contributed by atoms with Gasteiger partial charge in [0.2, 0.25) is 5.91 Å². The van der Waals surface area contributed by atoms with E-state index in [-0.39, 0.29) is 12.5 Å². The van der Waals surface area contributed by atoms with E-state index in [0.29, 0.717) is 6.42 Å². The first kappa shape index (κ1) is 64.9. The molecular weight excluding hydrogens is 807 g/mol. The van der Waals surface area contributed by atoms with E-state index in [0.717, 1.165) is 32.1 Å². The third-order valence-corrected chi connectivity index (χ3v) is 14.4. The third-order valence-electron chi connectivity index (χ3n) is 14.4. The monoisotopic (exact) mass is 928 g/mol. The Hall–Kier alpha value is -1.13. The fourth-order valence-corrected chi connectivity index (χ4v) is 9.79. The van der Waals surface area contributed by atoms with Crippen molar-refractivity contribution in [3.8, 4) is 0 Å². The normalized spacial score (nSPS) is 12.8. The van der Waals surface area contributed by atoms with Crippen LogP contribution >= 0.6 is 0 Å². The Labute approximate surface area is 415 Å². The summed E-state index contributed by atoms with van der Waals surface area (Å²) in [5.74, 6) is -0.0657. The Bertz CT molecular complexity index is 963. The second-order valence-corrected chi connectivity index (χ2v) is 21.1. The average molecular weight is 929 g/mol. The fraction of sp³-hybridized carbons (Fsp3) is 0.919. The van der Waals surface area contributed by atoms with Crippen LogP contribution in [-0.2, 0) is 4.79 Å². The first-order chi connectivity index (χ1) is 32.7. The predicted octanol–water partition coefficient (Wildman–Crippen LogP) is 20.3. The Balaban J connectivity index is 3.44. The van der Waals surface area contributed by atoms with E-state index < -0.39 is 12.1 Å². The average Bonchev–Trinajstić information content (AvgIpc) is 3.32. The van der Waals surface area contributed by atoms with Crippen molar-refractivity contribution in [2.75, 3.05) is 6.61 Å². The van der Waals surface area contributed by atoms with Gasteiger partial charge in [-0.2, -0.15) is 0 Å². The van der Waals surface area contributed by atoms with Crippen LogP contribution in [0.2, 0.25) is 0 Å². The summed E-state index contributed by atoms with van der Waals surface area (Å²) in [6.07, 6.45) is 78.0. The van der Waals surface area contributed by atoms with Gasteiger partial charge in [-0.3, -0.25) is 4.79 Å². The standard InChI is InChI=1S/C62H121NO3/c1-3-5-7-9-11-13-15-17-19-21-23-25-27-28-29-30-31-32-33-34-35-36-38-40-42-44-46-48-50-52-54-56-58-62(66)63-60(59-64)61(65)57-55-53-51-49-47-45-43-41-39-37-26-24-22-20-18-16-14-12-10-8-6-4-2/h47,49,55,57,60-61,64-65H,3-46,48,50-54,56,58-59H2,1-2H3,(H,63,66)/b49-47+,57-55+. The van der Waals surface area contributed by atoms with E-state index in [9.17, 15) is 15.0 Å². The van der Waals surface area contributed by atoms with Crippen molar-refractivity contribution < 1.29 is 15.0 Å². The van der Waals surface area contributed by atoms with Gasteiger partial charge in [-0.15, -0.1) is 0 Å². The number of rotatable bonds is 57. The van der Waals surface area contributed by atoms with Crippen molar-refractivity contribution in [2.24, 2.45) is 0 Å². The molecule has 392 valence electrons. The van der Waals surface area contributed by atoms with Crippen molar-refractivity contribution in [1.82, 2.24) is 5.32 Å². The van der Waals surface area contributed by atoms with Crippen molar-refractivity contribution in [3.05, 3.63) is 24.3 Å². The number of hydrogen-bond acceptors (Lipinski definition) is 3. The second-order valence-electron chi connectivity index (χ2n) is 21.1. The highest BCUT2D eigenvalue weighted by atomic mass is 16.3. The zero-order valence-electron chi connectivity index (χ0n) is 45.2. The van der Waals surface area contributed by atoms with E-state index in [1.54, 1.807) is 6.08 Å². The molecule has 0 aromatic heterocycles. The molecule has 0 aromatic carbocycles.